The Morgan fingerprint density at radius 2 is 1.81 bits per heavy atom. The molecule has 26 heavy (non-hydrogen) atoms. The maximum Gasteiger partial charge on any atom is 0.122 e. The number of benzene rings is 1. The van der Waals surface area contributed by atoms with Crippen molar-refractivity contribution in [3.63, 3.8) is 0 Å². The summed E-state index contributed by atoms with van der Waals surface area (Å²) < 4.78 is 5.61. The van der Waals surface area contributed by atoms with E-state index in [1.807, 2.05) is 0 Å². The molecule has 0 radical (unpaired) electrons. The molecule has 142 valence electrons. The topological polar surface area (TPSA) is 41.5 Å². The molecule has 1 aromatic carbocycles. The lowest BCUT2D eigenvalue weighted by atomic mass is 9.41. The van der Waals surface area contributed by atoms with Gasteiger partial charge in [-0.05, 0) is 85.9 Å². The number of ether oxygens (including phenoxy) is 1. The zero-order valence-electron chi connectivity index (χ0n) is 16.4. The Morgan fingerprint density at radius 1 is 1.04 bits per heavy atom. The Morgan fingerprint density at radius 3 is 2.54 bits per heavy atom. The van der Waals surface area contributed by atoms with Gasteiger partial charge in [0.15, 0.2) is 0 Å². The van der Waals surface area contributed by atoms with Gasteiger partial charge in [0, 0.05) is 12.0 Å². The molecule has 6 rings (SSSR count). The molecule has 0 aromatic heterocycles. The predicted molar refractivity (Wildman–Crippen MR) is 104 cm³/mol. The molecule has 4 bridgehead atoms. The summed E-state index contributed by atoms with van der Waals surface area (Å²) in [6.07, 6.45) is 10.1. The zero-order valence-corrected chi connectivity index (χ0v) is 16.4. The van der Waals surface area contributed by atoms with Gasteiger partial charge in [0.25, 0.3) is 0 Å². The molecule has 3 nitrogen and oxygen atoms in total. The van der Waals surface area contributed by atoms with Crippen molar-refractivity contribution in [2.75, 3.05) is 13.2 Å². The van der Waals surface area contributed by atoms with E-state index in [-0.39, 0.29) is 5.54 Å². The fraction of sp³-hybridized carbons (Fsp3) is 0.739. The lowest BCUT2D eigenvalue weighted by Crippen LogP contribution is -2.69. The Balaban J connectivity index is 1.22. The third kappa shape index (κ3) is 2.88. The number of fused-ring (bicyclic) bond motifs is 1. The number of hydrogen-bond acceptors (Lipinski definition) is 3. The van der Waals surface area contributed by atoms with Gasteiger partial charge in [0.2, 0.25) is 0 Å². The molecule has 2 unspecified atom stereocenters. The van der Waals surface area contributed by atoms with Crippen molar-refractivity contribution in [1.82, 2.24) is 5.32 Å². The average molecular weight is 356 g/mol. The summed E-state index contributed by atoms with van der Waals surface area (Å²) in [5, 5.41) is 15.1. The van der Waals surface area contributed by atoms with Gasteiger partial charge in [0.05, 0.1) is 12.2 Å². The first-order valence-electron chi connectivity index (χ1n) is 10.5. The molecule has 0 saturated heterocycles. The molecule has 3 heteroatoms. The summed E-state index contributed by atoms with van der Waals surface area (Å²) in [6.45, 7) is 6.71. The minimum absolute atomic E-state index is 0.165. The van der Waals surface area contributed by atoms with Crippen LogP contribution in [0.5, 0.6) is 5.75 Å². The monoisotopic (exact) mass is 355 g/mol. The second kappa shape index (κ2) is 5.48. The van der Waals surface area contributed by atoms with Crippen LogP contribution in [0.4, 0.5) is 0 Å². The van der Waals surface area contributed by atoms with E-state index in [9.17, 15) is 5.11 Å². The van der Waals surface area contributed by atoms with E-state index in [0.29, 0.717) is 10.8 Å². The third-order valence-electron chi connectivity index (χ3n) is 7.46. The van der Waals surface area contributed by atoms with Crippen molar-refractivity contribution >= 4 is 0 Å². The van der Waals surface area contributed by atoms with Gasteiger partial charge in [-0.15, -0.1) is 0 Å². The first-order chi connectivity index (χ1) is 12.3. The maximum absolute atomic E-state index is 11.2. The van der Waals surface area contributed by atoms with Crippen LogP contribution >= 0.6 is 0 Å². The molecule has 0 amide bonds. The molecule has 2 N–H and O–H groups in total. The lowest BCUT2D eigenvalue weighted by molar-refractivity contribution is -0.204. The van der Waals surface area contributed by atoms with Gasteiger partial charge in [-0.1, -0.05) is 26.0 Å². The van der Waals surface area contributed by atoms with Gasteiger partial charge in [-0.25, -0.2) is 0 Å². The fourth-order valence-electron chi connectivity index (χ4n) is 7.86. The zero-order chi connectivity index (χ0) is 18.0. The van der Waals surface area contributed by atoms with Gasteiger partial charge >= 0.3 is 0 Å². The van der Waals surface area contributed by atoms with Gasteiger partial charge in [0.1, 0.15) is 5.75 Å². The second-order valence-corrected chi connectivity index (χ2v) is 10.8. The molecule has 2 atom stereocenters. The van der Waals surface area contributed by atoms with Crippen LogP contribution in [-0.4, -0.2) is 29.4 Å². The summed E-state index contributed by atoms with van der Waals surface area (Å²) in [6, 6.07) is 6.69. The van der Waals surface area contributed by atoms with Crippen molar-refractivity contribution in [2.24, 2.45) is 10.8 Å². The second-order valence-electron chi connectivity index (χ2n) is 10.8. The Kier molecular flexibility index (Phi) is 3.60. The number of rotatable bonds is 5. The number of hydrogen-bond donors (Lipinski definition) is 2. The van der Waals surface area contributed by atoms with E-state index in [1.54, 1.807) is 0 Å². The van der Waals surface area contributed by atoms with E-state index >= 15 is 0 Å². The van der Waals surface area contributed by atoms with Gasteiger partial charge in [-0.3, -0.25) is 0 Å². The van der Waals surface area contributed by atoms with E-state index < -0.39 is 5.60 Å². The van der Waals surface area contributed by atoms with E-state index in [2.05, 4.69) is 37.4 Å². The smallest absolute Gasteiger partial charge is 0.122 e. The number of aryl methyl sites for hydroxylation is 1. The average Bonchev–Trinajstić information content (AvgIpc) is 2.94. The Bertz CT molecular complexity index is 673. The molecule has 1 heterocycles. The number of nitrogens with one attached hydrogen (secondary N) is 1. The van der Waals surface area contributed by atoms with Crippen LogP contribution in [0.15, 0.2) is 18.2 Å². The molecule has 4 aliphatic carbocycles. The van der Waals surface area contributed by atoms with Crippen LogP contribution in [0, 0.1) is 10.8 Å². The van der Waals surface area contributed by atoms with E-state index in [0.717, 1.165) is 57.4 Å². The molecular formula is C23H33NO2. The van der Waals surface area contributed by atoms with Crippen molar-refractivity contribution in [3.8, 4) is 5.75 Å². The van der Waals surface area contributed by atoms with Gasteiger partial charge in [-0.2, -0.15) is 0 Å². The summed E-state index contributed by atoms with van der Waals surface area (Å²) in [7, 11) is 0. The molecule has 4 saturated carbocycles. The quantitative estimate of drug-likeness (QED) is 0.784. The first-order valence-corrected chi connectivity index (χ1v) is 10.5. The molecule has 1 aliphatic heterocycles. The predicted octanol–water partition coefficient (Wildman–Crippen LogP) is 4.01. The molecular weight excluding hydrogens is 322 g/mol. The summed E-state index contributed by atoms with van der Waals surface area (Å²) in [5.74, 6) is 1.08. The van der Waals surface area contributed by atoms with Crippen LogP contribution in [0.3, 0.4) is 0 Å². The highest BCUT2D eigenvalue weighted by Gasteiger charge is 2.64. The van der Waals surface area contributed by atoms with Crippen molar-refractivity contribution < 1.29 is 9.84 Å². The summed E-state index contributed by atoms with van der Waals surface area (Å²) in [4.78, 5) is 0. The Labute approximate surface area is 157 Å². The lowest BCUT2D eigenvalue weighted by Gasteiger charge is -2.68. The number of aliphatic hydroxyl groups is 1. The van der Waals surface area contributed by atoms with E-state index in [4.69, 9.17) is 4.74 Å². The first kappa shape index (κ1) is 17.1. The maximum atomic E-state index is 11.2. The minimum Gasteiger partial charge on any atom is -0.493 e. The van der Waals surface area contributed by atoms with Crippen LogP contribution in [0.2, 0.25) is 0 Å². The van der Waals surface area contributed by atoms with Crippen LogP contribution < -0.4 is 10.1 Å². The van der Waals surface area contributed by atoms with Crippen molar-refractivity contribution in [3.05, 3.63) is 29.3 Å². The fourth-order valence-corrected chi connectivity index (χ4v) is 7.86. The molecule has 5 aliphatic rings. The highest BCUT2D eigenvalue weighted by Crippen LogP contribution is 2.67. The largest absolute Gasteiger partial charge is 0.493 e. The third-order valence-corrected chi connectivity index (χ3v) is 7.46. The SMILES string of the molecule is CC12CC3(C)CC(O)(C1)CC(NCCCc1ccc4c(c1)CCO4)(C2)C3. The molecule has 0 spiro atoms. The van der Waals surface area contributed by atoms with Gasteiger partial charge < -0.3 is 15.2 Å². The van der Waals surface area contributed by atoms with Crippen molar-refractivity contribution in [1.29, 1.82) is 0 Å². The normalized spacial score (nSPS) is 42.7. The van der Waals surface area contributed by atoms with Crippen molar-refractivity contribution in [2.45, 2.75) is 82.8 Å². The highest BCUT2D eigenvalue weighted by molar-refractivity contribution is 5.39. The standard InChI is InChI=1S/C23H33NO2/c1-20-11-21(2)13-22(12-20,16-23(25,14-20)15-21)24-8-3-4-17-5-6-19-18(10-17)7-9-26-19/h5-6,10,24-25H,3-4,7-9,11-16H2,1-2H3. The summed E-state index contributed by atoms with van der Waals surface area (Å²) in [5.41, 5.74) is 3.19. The molecule has 4 fully saturated rings. The van der Waals surface area contributed by atoms with E-state index in [1.165, 1.54) is 30.4 Å². The van der Waals surface area contributed by atoms with Crippen LogP contribution in [0.1, 0.15) is 69.9 Å². The molecule has 1 aromatic rings. The minimum atomic E-state index is -0.425. The highest BCUT2D eigenvalue weighted by atomic mass is 16.5. The van der Waals surface area contributed by atoms with Crippen LogP contribution in [-0.2, 0) is 12.8 Å². The summed E-state index contributed by atoms with van der Waals surface area (Å²) >= 11 is 0. The Hall–Kier alpha value is -1.06. The van der Waals surface area contributed by atoms with Crippen LogP contribution in [0.25, 0.3) is 0 Å².